The number of nitrogens with zero attached hydrogens (tertiary/aromatic N) is 2. The minimum Gasteiger partial charge on any atom is -0.456 e. The fourth-order valence-electron chi connectivity index (χ4n) is 5.91. The number of para-hydroxylation sites is 1. The summed E-state index contributed by atoms with van der Waals surface area (Å²) < 4.78 is 15.1. The molecule has 0 unspecified atom stereocenters. The second-order valence-corrected chi connectivity index (χ2v) is 11.5. The van der Waals surface area contributed by atoms with Gasteiger partial charge in [0.25, 0.3) is 0 Å². The number of rotatable bonds is 4. The minimum absolute atomic E-state index is 0.610. The van der Waals surface area contributed by atoms with Crippen molar-refractivity contribution >= 4 is 81.6 Å². The standard InChI is InChI=1S/C37H22N2O2S/c1-3-9-23(10-4-1)37-38-31-21-29-27-17-15-26(20-32(27)40-33(29)22-34(31)41-37)39(24-11-5-2-6-12-24)25-16-18-36-30(19-25)28-13-7-8-14-35(28)42-36/h1-22H. The van der Waals surface area contributed by atoms with Crippen molar-refractivity contribution in [1.29, 1.82) is 0 Å². The zero-order chi connectivity index (χ0) is 27.6. The Labute approximate surface area is 244 Å². The fraction of sp³-hybridized carbons (Fsp3) is 0. The van der Waals surface area contributed by atoms with Crippen molar-refractivity contribution in [2.24, 2.45) is 0 Å². The van der Waals surface area contributed by atoms with Crippen LogP contribution in [0.25, 0.3) is 64.7 Å². The van der Waals surface area contributed by atoms with E-state index in [9.17, 15) is 0 Å². The second-order valence-electron chi connectivity index (χ2n) is 10.4. The molecule has 0 aliphatic carbocycles. The molecule has 0 atom stereocenters. The number of aromatic nitrogens is 1. The smallest absolute Gasteiger partial charge is 0.227 e. The number of benzene rings is 6. The van der Waals surface area contributed by atoms with Gasteiger partial charge in [0, 0.05) is 65.7 Å². The van der Waals surface area contributed by atoms with E-state index in [2.05, 4.69) is 95.9 Å². The summed E-state index contributed by atoms with van der Waals surface area (Å²) in [6.07, 6.45) is 0. The molecule has 4 nitrogen and oxygen atoms in total. The molecule has 198 valence electrons. The summed E-state index contributed by atoms with van der Waals surface area (Å²) in [7, 11) is 0. The molecule has 0 fully saturated rings. The molecule has 3 aromatic heterocycles. The van der Waals surface area contributed by atoms with Crippen LogP contribution in [0, 0.1) is 0 Å². The molecule has 0 aliphatic heterocycles. The lowest BCUT2D eigenvalue weighted by Gasteiger charge is -2.25. The first-order valence-corrected chi connectivity index (χ1v) is 14.7. The van der Waals surface area contributed by atoms with E-state index < -0.39 is 0 Å². The van der Waals surface area contributed by atoms with Crippen molar-refractivity contribution in [1.82, 2.24) is 4.98 Å². The van der Waals surface area contributed by atoms with Crippen LogP contribution in [0.1, 0.15) is 0 Å². The second kappa shape index (κ2) is 9.06. The predicted molar refractivity (Wildman–Crippen MR) is 174 cm³/mol. The maximum absolute atomic E-state index is 6.44. The molecule has 0 radical (unpaired) electrons. The van der Waals surface area contributed by atoms with E-state index >= 15 is 0 Å². The molecule has 0 saturated heterocycles. The quantitative estimate of drug-likeness (QED) is 0.215. The van der Waals surface area contributed by atoms with E-state index in [4.69, 9.17) is 13.8 Å². The highest BCUT2D eigenvalue weighted by atomic mass is 32.1. The minimum atomic E-state index is 0.610. The molecule has 0 N–H and O–H groups in total. The Morgan fingerprint density at radius 1 is 0.476 bits per heavy atom. The van der Waals surface area contributed by atoms with Crippen LogP contribution in [-0.4, -0.2) is 4.98 Å². The van der Waals surface area contributed by atoms with Gasteiger partial charge in [-0.2, -0.15) is 0 Å². The third-order valence-corrected chi connectivity index (χ3v) is 9.03. The summed E-state index contributed by atoms with van der Waals surface area (Å²) in [4.78, 5) is 7.06. The van der Waals surface area contributed by atoms with Gasteiger partial charge in [-0.25, -0.2) is 4.98 Å². The highest BCUT2D eigenvalue weighted by molar-refractivity contribution is 7.25. The van der Waals surface area contributed by atoms with Crippen molar-refractivity contribution in [2.75, 3.05) is 4.90 Å². The van der Waals surface area contributed by atoms with Gasteiger partial charge in [0.1, 0.15) is 16.7 Å². The summed E-state index contributed by atoms with van der Waals surface area (Å²) in [5.74, 6) is 0.610. The van der Waals surface area contributed by atoms with Crippen LogP contribution >= 0.6 is 11.3 Å². The molecule has 0 bridgehead atoms. The van der Waals surface area contributed by atoms with E-state index in [0.29, 0.717) is 11.5 Å². The lowest BCUT2D eigenvalue weighted by atomic mass is 10.1. The van der Waals surface area contributed by atoms with Gasteiger partial charge < -0.3 is 13.7 Å². The Morgan fingerprint density at radius 3 is 2.07 bits per heavy atom. The fourth-order valence-corrected chi connectivity index (χ4v) is 6.99. The monoisotopic (exact) mass is 558 g/mol. The van der Waals surface area contributed by atoms with Crippen LogP contribution in [0.5, 0.6) is 0 Å². The first-order valence-electron chi connectivity index (χ1n) is 13.9. The van der Waals surface area contributed by atoms with Gasteiger partial charge in [-0.05, 0) is 66.7 Å². The Morgan fingerprint density at radius 2 is 1.19 bits per heavy atom. The molecule has 42 heavy (non-hydrogen) atoms. The summed E-state index contributed by atoms with van der Waals surface area (Å²) in [6, 6.07) is 46.3. The zero-order valence-electron chi connectivity index (χ0n) is 22.3. The summed E-state index contributed by atoms with van der Waals surface area (Å²) in [5.41, 5.74) is 7.29. The number of thiophene rings is 1. The van der Waals surface area contributed by atoms with Gasteiger partial charge in [-0.15, -0.1) is 11.3 Å². The van der Waals surface area contributed by atoms with Crippen molar-refractivity contribution in [3.05, 3.63) is 133 Å². The number of anilines is 3. The van der Waals surface area contributed by atoms with E-state index in [-0.39, 0.29) is 0 Å². The number of hydrogen-bond donors (Lipinski definition) is 0. The van der Waals surface area contributed by atoms with Crippen LogP contribution in [0.4, 0.5) is 17.1 Å². The van der Waals surface area contributed by atoms with E-state index in [0.717, 1.165) is 50.1 Å². The highest BCUT2D eigenvalue weighted by Gasteiger charge is 2.18. The first-order chi connectivity index (χ1) is 20.8. The number of furan rings is 1. The molecule has 0 saturated carbocycles. The average Bonchev–Trinajstić information content (AvgIpc) is 3.73. The average molecular weight is 559 g/mol. The van der Waals surface area contributed by atoms with E-state index in [1.807, 2.05) is 53.8 Å². The molecule has 3 heterocycles. The van der Waals surface area contributed by atoms with Gasteiger partial charge in [-0.1, -0.05) is 54.6 Å². The number of fused-ring (bicyclic) bond motifs is 7. The van der Waals surface area contributed by atoms with Crippen LogP contribution in [-0.2, 0) is 0 Å². The van der Waals surface area contributed by atoms with Crippen LogP contribution in [0.15, 0.2) is 142 Å². The van der Waals surface area contributed by atoms with Crippen LogP contribution < -0.4 is 4.90 Å². The Hall–Kier alpha value is -5.39. The summed E-state index contributed by atoms with van der Waals surface area (Å²) in [6.45, 7) is 0. The molecule has 5 heteroatoms. The molecule has 9 aromatic rings. The number of hydrogen-bond acceptors (Lipinski definition) is 5. The van der Waals surface area contributed by atoms with Crippen LogP contribution in [0.2, 0.25) is 0 Å². The molecule has 0 spiro atoms. The predicted octanol–water partition coefficient (Wildman–Crippen LogP) is 11.2. The normalized spacial score (nSPS) is 11.8. The maximum Gasteiger partial charge on any atom is 0.227 e. The third kappa shape index (κ3) is 3.64. The molecular weight excluding hydrogens is 536 g/mol. The van der Waals surface area contributed by atoms with Gasteiger partial charge in [0.05, 0.1) is 0 Å². The van der Waals surface area contributed by atoms with Crippen molar-refractivity contribution in [3.8, 4) is 11.5 Å². The summed E-state index contributed by atoms with van der Waals surface area (Å²) >= 11 is 1.83. The van der Waals surface area contributed by atoms with Gasteiger partial charge in [0.2, 0.25) is 5.89 Å². The lowest BCUT2D eigenvalue weighted by Crippen LogP contribution is -2.09. The maximum atomic E-state index is 6.44. The topological polar surface area (TPSA) is 42.4 Å². The zero-order valence-corrected chi connectivity index (χ0v) is 23.1. The lowest BCUT2D eigenvalue weighted by molar-refractivity contribution is 0.617. The molecular formula is C37H22N2O2S. The highest BCUT2D eigenvalue weighted by Crippen LogP contribution is 2.42. The largest absolute Gasteiger partial charge is 0.456 e. The molecule has 9 rings (SSSR count). The SMILES string of the molecule is c1ccc(-c2nc3cc4c(cc3o2)oc2cc(N(c3ccccc3)c3ccc5sc6ccccc6c5c3)ccc24)cc1. The Balaban J connectivity index is 1.19. The van der Waals surface area contributed by atoms with Gasteiger partial charge in [0.15, 0.2) is 5.58 Å². The number of oxazole rings is 1. The van der Waals surface area contributed by atoms with E-state index in [1.54, 1.807) is 0 Å². The third-order valence-electron chi connectivity index (χ3n) is 7.88. The Bertz CT molecular complexity index is 2420. The first kappa shape index (κ1) is 23.3. The van der Waals surface area contributed by atoms with Gasteiger partial charge >= 0.3 is 0 Å². The van der Waals surface area contributed by atoms with Crippen molar-refractivity contribution in [2.45, 2.75) is 0 Å². The Kier molecular flexibility index (Phi) is 5.03. The van der Waals surface area contributed by atoms with Gasteiger partial charge in [-0.3, -0.25) is 0 Å². The van der Waals surface area contributed by atoms with Crippen LogP contribution in [0.3, 0.4) is 0 Å². The summed E-state index contributed by atoms with van der Waals surface area (Å²) in [5, 5.41) is 4.62. The molecule has 0 amide bonds. The van der Waals surface area contributed by atoms with Crippen molar-refractivity contribution < 1.29 is 8.83 Å². The molecule has 0 aliphatic rings. The van der Waals surface area contributed by atoms with E-state index in [1.165, 1.54) is 20.2 Å². The van der Waals surface area contributed by atoms with Crippen molar-refractivity contribution in [3.63, 3.8) is 0 Å². The molecule has 6 aromatic carbocycles.